The number of carbonyl (C=O) groups excluding carboxylic acids is 3. The van der Waals surface area contributed by atoms with Gasteiger partial charge in [-0.25, -0.2) is 4.90 Å². The number of nitrogens with one attached hydrogen (secondary N) is 1. The average molecular weight is 470 g/mol. The van der Waals surface area contributed by atoms with Crippen molar-refractivity contribution in [3.8, 4) is 0 Å². The van der Waals surface area contributed by atoms with Crippen molar-refractivity contribution in [1.82, 2.24) is 4.90 Å². The van der Waals surface area contributed by atoms with Crippen LogP contribution in [0.3, 0.4) is 0 Å². The first-order valence-corrected chi connectivity index (χ1v) is 11.7. The van der Waals surface area contributed by atoms with Gasteiger partial charge in [-0.15, -0.1) is 0 Å². The van der Waals surface area contributed by atoms with Crippen LogP contribution in [0.5, 0.6) is 0 Å². The van der Waals surface area contributed by atoms with E-state index < -0.39 is 5.91 Å². The van der Waals surface area contributed by atoms with Crippen LogP contribution in [0.2, 0.25) is 0 Å². The summed E-state index contributed by atoms with van der Waals surface area (Å²) in [6, 6.07) is 18.0. The number of imide groups is 1. The monoisotopic (exact) mass is 469 g/mol. The van der Waals surface area contributed by atoms with Gasteiger partial charge in [0.05, 0.1) is 30.0 Å². The Morgan fingerprint density at radius 2 is 1.60 bits per heavy atom. The highest BCUT2D eigenvalue weighted by molar-refractivity contribution is 6.35. The molecule has 3 amide bonds. The molecular weight excluding hydrogens is 442 g/mol. The van der Waals surface area contributed by atoms with E-state index in [1.807, 2.05) is 56.3 Å². The first-order valence-electron chi connectivity index (χ1n) is 11.7. The Bertz CT molecular complexity index is 1310. The summed E-state index contributed by atoms with van der Waals surface area (Å²) in [6.45, 7) is 7.96. The van der Waals surface area contributed by atoms with Crippen LogP contribution in [-0.4, -0.2) is 48.9 Å². The van der Waals surface area contributed by atoms with Crippen molar-refractivity contribution < 1.29 is 19.1 Å². The van der Waals surface area contributed by atoms with Crippen LogP contribution in [0, 0.1) is 13.8 Å². The summed E-state index contributed by atoms with van der Waals surface area (Å²) in [5, 5.41) is 2.88. The first kappa shape index (κ1) is 23.0. The van der Waals surface area contributed by atoms with Gasteiger partial charge in [-0.3, -0.25) is 19.3 Å². The summed E-state index contributed by atoms with van der Waals surface area (Å²) in [5.74, 6) is -1.12. The first-order chi connectivity index (χ1) is 16.9. The minimum absolute atomic E-state index is 0.240. The molecule has 3 aromatic rings. The second kappa shape index (κ2) is 9.44. The van der Waals surface area contributed by atoms with Crippen molar-refractivity contribution >= 4 is 29.1 Å². The minimum Gasteiger partial charge on any atom is -0.379 e. The van der Waals surface area contributed by atoms with Gasteiger partial charge < -0.3 is 10.1 Å². The number of aryl methyl sites for hydroxylation is 2. The topological polar surface area (TPSA) is 79.0 Å². The Morgan fingerprint density at radius 1 is 0.886 bits per heavy atom. The lowest BCUT2D eigenvalue weighted by molar-refractivity contribution is 0.0342. The van der Waals surface area contributed by atoms with Crippen molar-refractivity contribution in [2.45, 2.75) is 20.4 Å². The van der Waals surface area contributed by atoms with Gasteiger partial charge in [0.25, 0.3) is 17.7 Å². The molecule has 0 spiro atoms. The van der Waals surface area contributed by atoms with E-state index in [1.54, 1.807) is 12.1 Å². The fourth-order valence-corrected chi connectivity index (χ4v) is 4.48. The standard InChI is InChI=1S/C28H27N3O4/c1-18-3-4-19(2)25(15-18)31-27(33)23-10-7-21(16-24(23)28(31)34)26(32)29-22-8-5-20(6-9-22)17-30-11-13-35-14-12-30/h3-10,15-16H,11-14,17H2,1-2H3,(H,29,32). The molecule has 2 heterocycles. The molecule has 178 valence electrons. The van der Waals surface area contributed by atoms with E-state index in [0.717, 1.165) is 49.5 Å². The highest BCUT2D eigenvalue weighted by Gasteiger charge is 2.37. The van der Waals surface area contributed by atoms with Crippen LogP contribution in [0.4, 0.5) is 11.4 Å². The highest BCUT2D eigenvalue weighted by Crippen LogP contribution is 2.32. The van der Waals surface area contributed by atoms with Crippen LogP contribution in [0.25, 0.3) is 0 Å². The summed E-state index contributed by atoms with van der Waals surface area (Å²) in [5.41, 5.74) is 5.06. The number of nitrogens with zero attached hydrogens (tertiary/aromatic N) is 2. The Kier molecular flexibility index (Phi) is 6.19. The Hall–Kier alpha value is -3.81. The van der Waals surface area contributed by atoms with Crippen molar-refractivity contribution in [3.63, 3.8) is 0 Å². The molecule has 0 unspecified atom stereocenters. The zero-order valence-corrected chi connectivity index (χ0v) is 19.8. The van der Waals surface area contributed by atoms with Gasteiger partial charge in [-0.2, -0.15) is 0 Å². The fraction of sp³-hybridized carbons (Fsp3) is 0.250. The molecule has 0 aromatic heterocycles. The van der Waals surface area contributed by atoms with E-state index in [9.17, 15) is 14.4 Å². The number of ether oxygens (including phenoxy) is 1. The molecule has 3 aromatic carbocycles. The molecule has 0 radical (unpaired) electrons. The molecule has 1 saturated heterocycles. The molecule has 35 heavy (non-hydrogen) atoms. The van der Waals surface area contributed by atoms with Crippen LogP contribution >= 0.6 is 0 Å². The van der Waals surface area contributed by atoms with Gasteiger partial charge in [0, 0.05) is 30.9 Å². The summed E-state index contributed by atoms with van der Waals surface area (Å²) in [4.78, 5) is 42.6. The number of anilines is 2. The summed E-state index contributed by atoms with van der Waals surface area (Å²) >= 11 is 0. The molecule has 7 nitrogen and oxygen atoms in total. The maximum absolute atomic E-state index is 13.2. The SMILES string of the molecule is Cc1ccc(C)c(N2C(=O)c3ccc(C(=O)Nc4ccc(CN5CCOCC5)cc4)cc3C2=O)c1. The molecule has 0 aliphatic carbocycles. The van der Waals surface area contributed by atoms with E-state index in [-0.39, 0.29) is 17.4 Å². The van der Waals surface area contributed by atoms with Crippen LogP contribution in [0.15, 0.2) is 60.7 Å². The Morgan fingerprint density at radius 3 is 2.34 bits per heavy atom. The molecule has 2 aliphatic heterocycles. The maximum atomic E-state index is 13.2. The number of fused-ring (bicyclic) bond motifs is 1. The van der Waals surface area contributed by atoms with Crippen LogP contribution < -0.4 is 10.2 Å². The van der Waals surface area contributed by atoms with E-state index in [0.29, 0.717) is 22.5 Å². The van der Waals surface area contributed by atoms with E-state index in [2.05, 4.69) is 10.2 Å². The lowest BCUT2D eigenvalue weighted by atomic mass is 10.1. The predicted octanol–water partition coefficient (Wildman–Crippen LogP) is 4.19. The van der Waals surface area contributed by atoms with Gasteiger partial charge in [-0.1, -0.05) is 24.3 Å². The van der Waals surface area contributed by atoms with E-state index >= 15 is 0 Å². The number of rotatable bonds is 5. The zero-order valence-electron chi connectivity index (χ0n) is 19.8. The van der Waals surface area contributed by atoms with Crippen molar-refractivity contribution in [2.75, 3.05) is 36.5 Å². The molecule has 0 bridgehead atoms. The highest BCUT2D eigenvalue weighted by atomic mass is 16.5. The molecule has 0 atom stereocenters. The second-order valence-corrected chi connectivity index (χ2v) is 9.04. The van der Waals surface area contributed by atoms with E-state index in [1.165, 1.54) is 11.0 Å². The number of benzene rings is 3. The summed E-state index contributed by atoms with van der Waals surface area (Å²) in [6.07, 6.45) is 0. The van der Waals surface area contributed by atoms with Gasteiger partial charge in [0.1, 0.15) is 0 Å². The normalized spacial score (nSPS) is 15.9. The van der Waals surface area contributed by atoms with Crippen molar-refractivity contribution in [2.24, 2.45) is 0 Å². The van der Waals surface area contributed by atoms with Gasteiger partial charge >= 0.3 is 0 Å². The van der Waals surface area contributed by atoms with Gasteiger partial charge in [0.15, 0.2) is 0 Å². The third-order valence-corrected chi connectivity index (χ3v) is 6.48. The van der Waals surface area contributed by atoms with Gasteiger partial charge in [0.2, 0.25) is 0 Å². The lowest BCUT2D eigenvalue weighted by Crippen LogP contribution is -2.35. The smallest absolute Gasteiger partial charge is 0.266 e. The molecule has 0 saturated carbocycles. The fourth-order valence-electron chi connectivity index (χ4n) is 4.48. The number of amides is 3. The number of carbonyl (C=O) groups is 3. The third-order valence-electron chi connectivity index (χ3n) is 6.48. The second-order valence-electron chi connectivity index (χ2n) is 9.04. The molecule has 7 heteroatoms. The summed E-state index contributed by atoms with van der Waals surface area (Å²) < 4.78 is 5.39. The van der Waals surface area contributed by atoms with Crippen LogP contribution in [-0.2, 0) is 11.3 Å². The molecule has 1 N–H and O–H groups in total. The van der Waals surface area contributed by atoms with E-state index in [4.69, 9.17) is 4.74 Å². The Balaban J connectivity index is 1.31. The molecule has 5 rings (SSSR count). The van der Waals surface area contributed by atoms with Crippen LogP contribution in [0.1, 0.15) is 47.8 Å². The summed E-state index contributed by atoms with van der Waals surface area (Å²) in [7, 11) is 0. The number of hydrogen-bond donors (Lipinski definition) is 1. The van der Waals surface area contributed by atoms with Gasteiger partial charge in [-0.05, 0) is 66.9 Å². The lowest BCUT2D eigenvalue weighted by Gasteiger charge is -2.26. The molecule has 2 aliphatic rings. The average Bonchev–Trinajstić information content (AvgIpc) is 3.11. The van der Waals surface area contributed by atoms with Crippen molar-refractivity contribution in [3.05, 3.63) is 94.0 Å². The maximum Gasteiger partial charge on any atom is 0.266 e. The third kappa shape index (κ3) is 4.60. The predicted molar refractivity (Wildman–Crippen MR) is 134 cm³/mol. The molecule has 1 fully saturated rings. The zero-order chi connectivity index (χ0) is 24.5. The quantitative estimate of drug-likeness (QED) is 0.567. The minimum atomic E-state index is -0.416. The number of hydrogen-bond acceptors (Lipinski definition) is 5. The largest absolute Gasteiger partial charge is 0.379 e. The van der Waals surface area contributed by atoms with Crippen molar-refractivity contribution in [1.29, 1.82) is 0 Å². The Labute approximate surface area is 204 Å². The molecular formula is C28H27N3O4. The number of morpholine rings is 1.